The summed E-state index contributed by atoms with van der Waals surface area (Å²) in [6, 6.07) is 8.26. The Labute approximate surface area is 132 Å². The number of para-hydroxylation sites is 1. The minimum atomic E-state index is -0.890. The number of hydrogen-bond donors (Lipinski definition) is 0. The Morgan fingerprint density at radius 3 is 2.43 bits per heavy atom. The van der Waals surface area contributed by atoms with Gasteiger partial charge in [-0.2, -0.15) is 0 Å². The van der Waals surface area contributed by atoms with Gasteiger partial charge in [0, 0.05) is 18.0 Å². The summed E-state index contributed by atoms with van der Waals surface area (Å²) in [5.74, 6) is -1.42. The zero-order valence-electron chi connectivity index (χ0n) is 12.6. The fraction of sp³-hybridized carbons (Fsp3) is 0.111. The molecule has 0 radical (unpaired) electrons. The van der Waals surface area contributed by atoms with E-state index in [-0.39, 0.29) is 5.56 Å². The second-order valence-electron chi connectivity index (χ2n) is 5.23. The Morgan fingerprint density at radius 2 is 1.78 bits per heavy atom. The van der Waals surface area contributed by atoms with Gasteiger partial charge in [-0.15, -0.1) is 0 Å². The van der Waals surface area contributed by atoms with Gasteiger partial charge in [-0.05, 0) is 37.1 Å². The molecule has 1 aromatic heterocycles. The van der Waals surface area contributed by atoms with Gasteiger partial charge in [0.15, 0.2) is 0 Å². The highest BCUT2D eigenvalue weighted by atomic mass is 19.1. The molecule has 1 heterocycles. The molecule has 0 fully saturated rings. The first-order chi connectivity index (χ1) is 11.0. The lowest BCUT2D eigenvalue weighted by atomic mass is 10.1. The summed E-state index contributed by atoms with van der Waals surface area (Å²) in [6.07, 6.45) is 3.28. The van der Waals surface area contributed by atoms with Gasteiger partial charge in [-0.25, -0.2) is 18.6 Å². The van der Waals surface area contributed by atoms with Crippen molar-refractivity contribution in [3.8, 4) is 17.1 Å². The van der Waals surface area contributed by atoms with Crippen molar-refractivity contribution < 1.29 is 8.78 Å². The Morgan fingerprint density at radius 1 is 1.09 bits per heavy atom. The predicted molar refractivity (Wildman–Crippen MR) is 84.7 cm³/mol. The third-order valence-electron chi connectivity index (χ3n) is 3.74. The molecule has 2 aromatic carbocycles. The van der Waals surface area contributed by atoms with E-state index in [0.29, 0.717) is 5.82 Å². The van der Waals surface area contributed by atoms with Crippen LogP contribution in [0, 0.1) is 32.1 Å². The van der Waals surface area contributed by atoms with E-state index >= 15 is 0 Å². The van der Waals surface area contributed by atoms with Crippen molar-refractivity contribution in [2.24, 2.45) is 0 Å². The molecular weight excluding hydrogens is 296 g/mol. The van der Waals surface area contributed by atoms with Crippen molar-refractivity contribution in [3.63, 3.8) is 0 Å². The highest BCUT2D eigenvalue weighted by Gasteiger charge is 2.19. The third-order valence-corrected chi connectivity index (χ3v) is 3.74. The summed E-state index contributed by atoms with van der Waals surface area (Å²) in [5, 5.41) is 0. The number of aryl methyl sites for hydroxylation is 2. The molecule has 0 aliphatic rings. The van der Waals surface area contributed by atoms with Gasteiger partial charge in [0.2, 0.25) is 0 Å². The Bertz CT molecular complexity index is 916. The van der Waals surface area contributed by atoms with Crippen molar-refractivity contribution in [2.75, 3.05) is 0 Å². The van der Waals surface area contributed by atoms with Crippen LogP contribution in [-0.2, 0) is 0 Å². The van der Waals surface area contributed by atoms with E-state index in [1.807, 2.05) is 32.0 Å². The van der Waals surface area contributed by atoms with Crippen molar-refractivity contribution in [1.29, 1.82) is 0 Å². The molecule has 3 aromatic rings. The Balaban J connectivity index is 2.27. The van der Waals surface area contributed by atoms with Crippen LogP contribution in [0.1, 0.15) is 11.1 Å². The molecule has 114 valence electrons. The maximum atomic E-state index is 14.5. The molecule has 0 aliphatic heterocycles. The average Bonchev–Trinajstić information content (AvgIpc) is 2.97. The lowest BCUT2D eigenvalue weighted by Gasteiger charge is -2.14. The summed E-state index contributed by atoms with van der Waals surface area (Å²) < 4.78 is 29.8. The van der Waals surface area contributed by atoms with Crippen LogP contribution in [0.3, 0.4) is 0 Å². The molecule has 0 aliphatic carbocycles. The fourth-order valence-corrected chi connectivity index (χ4v) is 2.68. The van der Waals surface area contributed by atoms with E-state index in [9.17, 15) is 8.78 Å². The summed E-state index contributed by atoms with van der Waals surface area (Å²) in [4.78, 5) is 7.15. The van der Waals surface area contributed by atoms with Crippen LogP contribution in [0.25, 0.3) is 21.9 Å². The van der Waals surface area contributed by atoms with Crippen LogP contribution in [-0.4, -0.2) is 9.55 Å². The van der Waals surface area contributed by atoms with E-state index in [1.54, 1.807) is 17.0 Å². The number of imidazole rings is 1. The second-order valence-corrected chi connectivity index (χ2v) is 5.23. The summed E-state index contributed by atoms with van der Waals surface area (Å²) >= 11 is 0. The summed E-state index contributed by atoms with van der Waals surface area (Å²) in [6.45, 7) is 10.9. The first-order valence-corrected chi connectivity index (χ1v) is 7.00. The van der Waals surface area contributed by atoms with E-state index in [0.717, 1.165) is 22.9 Å². The van der Waals surface area contributed by atoms with Crippen LogP contribution in [0.5, 0.6) is 0 Å². The van der Waals surface area contributed by atoms with Crippen molar-refractivity contribution in [1.82, 2.24) is 9.55 Å². The summed E-state index contributed by atoms with van der Waals surface area (Å²) in [5.41, 5.74) is 2.41. The molecule has 3 rings (SSSR count). The molecule has 0 N–H and O–H groups in total. The molecule has 0 amide bonds. The van der Waals surface area contributed by atoms with Crippen molar-refractivity contribution in [3.05, 3.63) is 76.9 Å². The predicted octanol–water partition coefficient (Wildman–Crippen LogP) is 4.99. The topological polar surface area (TPSA) is 22.2 Å². The number of benzene rings is 2. The number of aromatic nitrogens is 2. The first kappa shape index (κ1) is 14.9. The van der Waals surface area contributed by atoms with Crippen molar-refractivity contribution in [2.45, 2.75) is 13.8 Å². The van der Waals surface area contributed by atoms with Crippen LogP contribution < -0.4 is 0 Å². The number of nitrogens with zero attached hydrogens (tertiary/aromatic N) is 3. The van der Waals surface area contributed by atoms with Gasteiger partial charge in [-0.3, -0.25) is 4.57 Å². The van der Waals surface area contributed by atoms with Crippen LogP contribution in [0.4, 0.5) is 14.5 Å². The standard InChI is InChI=1S/C18H13F2N3/c1-11-5-4-6-12(2)17(11)23-10-9-22-18(23)13-7-8-14(19)16(21-3)15(13)20/h4-10H,1-2H3. The van der Waals surface area contributed by atoms with Crippen LogP contribution in [0.15, 0.2) is 42.7 Å². The fourth-order valence-electron chi connectivity index (χ4n) is 2.68. The number of halogens is 2. The van der Waals surface area contributed by atoms with Crippen molar-refractivity contribution >= 4 is 5.69 Å². The molecule has 5 heteroatoms. The Hall–Kier alpha value is -3.00. The third kappa shape index (κ3) is 2.38. The highest BCUT2D eigenvalue weighted by Crippen LogP contribution is 2.33. The van der Waals surface area contributed by atoms with Gasteiger partial charge >= 0.3 is 0 Å². The van der Waals surface area contributed by atoms with Crippen LogP contribution in [0.2, 0.25) is 0 Å². The SMILES string of the molecule is [C-]#[N+]c1c(F)ccc(-c2nccn2-c2c(C)cccc2C)c1F. The Kier molecular flexibility index (Phi) is 3.67. The van der Waals surface area contributed by atoms with Gasteiger partial charge in [0.05, 0.1) is 12.3 Å². The molecular formula is C18H13F2N3. The summed E-state index contributed by atoms with van der Waals surface area (Å²) in [7, 11) is 0. The molecule has 0 unspecified atom stereocenters. The quantitative estimate of drug-likeness (QED) is 0.612. The normalized spacial score (nSPS) is 10.6. The van der Waals surface area contributed by atoms with E-state index in [2.05, 4.69) is 9.83 Å². The molecule has 0 saturated heterocycles. The lowest BCUT2D eigenvalue weighted by Crippen LogP contribution is -2.02. The van der Waals surface area contributed by atoms with E-state index in [1.165, 1.54) is 6.07 Å². The maximum Gasteiger partial charge on any atom is 0.257 e. The minimum absolute atomic E-state index is 0.102. The zero-order chi connectivity index (χ0) is 16.6. The average molecular weight is 309 g/mol. The van der Waals surface area contributed by atoms with Gasteiger partial charge in [0.25, 0.3) is 5.69 Å². The highest BCUT2D eigenvalue weighted by molar-refractivity contribution is 5.67. The largest absolute Gasteiger partial charge is 0.299 e. The van der Waals surface area contributed by atoms with E-state index < -0.39 is 17.3 Å². The molecule has 23 heavy (non-hydrogen) atoms. The zero-order valence-corrected chi connectivity index (χ0v) is 12.6. The van der Waals surface area contributed by atoms with Gasteiger partial charge in [-0.1, -0.05) is 18.2 Å². The van der Waals surface area contributed by atoms with Crippen LogP contribution >= 0.6 is 0 Å². The molecule has 3 nitrogen and oxygen atoms in total. The maximum absolute atomic E-state index is 14.5. The minimum Gasteiger partial charge on any atom is -0.299 e. The molecule has 0 saturated carbocycles. The number of hydrogen-bond acceptors (Lipinski definition) is 1. The van der Waals surface area contributed by atoms with Gasteiger partial charge < -0.3 is 0 Å². The number of rotatable bonds is 2. The molecule has 0 spiro atoms. The lowest BCUT2D eigenvalue weighted by molar-refractivity contribution is 0.595. The smallest absolute Gasteiger partial charge is 0.257 e. The van der Waals surface area contributed by atoms with Gasteiger partial charge in [0.1, 0.15) is 17.5 Å². The molecule has 0 atom stereocenters. The monoisotopic (exact) mass is 309 g/mol. The first-order valence-electron chi connectivity index (χ1n) is 7.00. The second kappa shape index (κ2) is 5.65. The van der Waals surface area contributed by atoms with E-state index in [4.69, 9.17) is 6.57 Å². The molecule has 0 bridgehead atoms.